The highest BCUT2D eigenvalue weighted by atomic mass is 16.2. The number of carbonyl (C=O) groups is 1. The van der Waals surface area contributed by atoms with Gasteiger partial charge in [0.15, 0.2) is 0 Å². The number of nitrogens with zero attached hydrogens (tertiary/aromatic N) is 1. The van der Waals surface area contributed by atoms with Gasteiger partial charge in [-0.1, -0.05) is 37.3 Å². The third-order valence-corrected chi connectivity index (χ3v) is 4.30. The van der Waals surface area contributed by atoms with Gasteiger partial charge in [-0.05, 0) is 24.3 Å². The molecule has 1 aliphatic heterocycles. The first-order chi connectivity index (χ1) is 9.63. The molecule has 4 heteroatoms. The van der Waals surface area contributed by atoms with Crippen LogP contribution in [0.15, 0.2) is 30.3 Å². The van der Waals surface area contributed by atoms with E-state index in [0.717, 1.165) is 24.9 Å². The van der Waals surface area contributed by atoms with Gasteiger partial charge in [0, 0.05) is 31.6 Å². The lowest BCUT2D eigenvalue weighted by Gasteiger charge is -2.40. The molecule has 0 bridgehead atoms. The van der Waals surface area contributed by atoms with Gasteiger partial charge in [-0.3, -0.25) is 4.79 Å². The Labute approximate surface area is 121 Å². The molecule has 1 aromatic carbocycles. The number of carbonyl (C=O) groups excluding carboxylic acids is 1. The molecule has 1 heterocycles. The molecule has 1 amide bonds. The minimum Gasteiger partial charge on any atom is -0.338 e. The third-order valence-electron chi connectivity index (χ3n) is 4.30. The summed E-state index contributed by atoms with van der Waals surface area (Å²) in [5, 5.41) is 0. The normalized spacial score (nSPS) is 24.4. The van der Waals surface area contributed by atoms with Crippen molar-refractivity contribution in [1.29, 1.82) is 0 Å². The van der Waals surface area contributed by atoms with Gasteiger partial charge in [0.2, 0.25) is 5.91 Å². The van der Waals surface area contributed by atoms with Crippen LogP contribution in [0.2, 0.25) is 0 Å². The molecule has 110 valence electrons. The number of amides is 1. The van der Waals surface area contributed by atoms with Gasteiger partial charge in [-0.15, -0.1) is 0 Å². The molecule has 0 radical (unpaired) electrons. The van der Waals surface area contributed by atoms with E-state index in [2.05, 4.69) is 6.92 Å². The standard InChI is InChI=1S/C16H25N3O/c1-12-6-5-9-19(15(12)11-17)16(20)10-14(18)13-7-3-2-4-8-13/h2-4,7-8,12,14-15H,5-6,9-11,17-18H2,1H3/t12-,14-,15-/m1/s1. The second-order valence-electron chi connectivity index (χ2n) is 5.73. The van der Waals surface area contributed by atoms with E-state index in [1.54, 1.807) is 0 Å². The van der Waals surface area contributed by atoms with Gasteiger partial charge in [-0.2, -0.15) is 0 Å². The van der Waals surface area contributed by atoms with Gasteiger partial charge in [-0.25, -0.2) is 0 Å². The monoisotopic (exact) mass is 275 g/mol. The first kappa shape index (κ1) is 15.0. The predicted molar refractivity (Wildman–Crippen MR) is 80.9 cm³/mol. The zero-order chi connectivity index (χ0) is 14.5. The zero-order valence-corrected chi connectivity index (χ0v) is 12.2. The molecule has 1 saturated heterocycles. The first-order valence-corrected chi connectivity index (χ1v) is 7.43. The lowest BCUT2D eigenvalue weighted by Crippen LogP contribution is -2.51. The van der Waals surface area contributed by atoms with E-state index in [9.17, 15) is 4.79 Å². The molecule has 2 rings (SSSR count). The van der Waals surface area contributed by atoms with Crippen molar-refractivity contribution in [3.05, 3.63) is 35.9 Å². The summed E-state index contributed by atoms with van der Waals surface area (Å²) in [5.41, 5.74) is 13.0. The lowest BCUT2D eigenvalue weighted by molar-refractivity contribution is -0.136. The Balaban J connectivity index is 2.00. The largest absolute Gasteiger partial charge is 0.338 e. The van der Waals surface area contributed by atoms with E-state index in [1.807, 2.05) is 35.2 Å². The zero-order valence-electron chi connectivity index (χ0n) is 12.2. The number of hydrogen-bond acceptors (Lipinski definition) is 3. The molecule has 0 saturated carbocycles. The Hall–Kier alpha value is -1.39. The second-order valence-corrected chi connectivity index (χ2v) is 5.73. The van der Waals surface area contributed by atoms with E-state index in [4.69, 9.17) is 11.5 Å². The Morgan fingerprint density at radius 1 is 1.40 bits per heavy atom. The maximum Gasteiger partial charge on any atom is 0.224 e. The molecule has 4 nitrogen and oxygen atoms in total. The van der Waals surface area contributed by atoms with Gasteiger partial charge in [0.25, 0.3) is 0 Å². The van der Waals surface area contributed by atoms with Crippen LogP contribution in [0.5, 0.6) is 0 Å². The highest BCUT2D eigenvalue weighted by Gasteiger charge is 2.31. The van der Waals surface area contributed by atoms with Gasteiger partial charge in [0.1, 0.15) is 0 Å². The lowest BCUT2D eigenvalue weighted by atomic mass is 9.90. The smallest absolute Gasteiger partial charge is 0.224 e. The molecule has 1 fully saturated rings. The fourth-order valence-electron chi connectivity index (χ4n) is 3.04. The van der Waals surface area contributed by atoms with Crippen molar-refractivity contribution in [2.45, 2.75) is 38.3 Å². The van der Waals surface area contributed by atoms with E-state index in [1.165, 1.54) is 0 Å². The Morgan fingerprint density at radius 2 is 2.10 bits per heavy atom. The van der Waals surface area contributed by atoms with Gasteiger partial charge in [0.05, 0.1) is 0 Å². The molecule has 0 unspecified atom stereocenters. The van der Waals surface area contributed by atoms with Crippen LogP contribution in [0.1, 0.15) is 37.8 Å². The molecule has 4 N–H and O–H groups in total. The molecule has 0 aliphatic carbocycles. The summed E-state index contributed by atoms with van der Waals surface area (Å²) in [6, 6.07) is 9.72. The number of piperidine rings is 1. The first-order valence-electron chi connectivity index (χ1n) is 7.43. The van der Waals surface area contributed by atoms with Crippen molar-refractivity contribution in [3.8, 4) is 0 Å². The van der Waals surface area contributed by atoms with Crippen molar-refractivity contribution in [1.82, 2.24) is 4.90 Å². The van der Waals surface area contributed by atoms with E-state index < -0.39 is 0 Å². The van der Waals surface area contributed by atoms with Crippen molar-refractivity contribution < 1.29 is 4.79 Å². The Kier molecular flexibility index (Phi) is 5.15. The minimum atomic E-state index is -0.237. The second kappa shape index (κ2) is 6.86. The highest BCUT2D eigenvalue weighted by molar-refractivity contribution is 5.77. The molecule has 20 heavy (non-hydrogen) atoms. The van der Waals surface area contributed by atoms with Crippen molar-refractivity contribution >= 4 is 5.91 Å². The predicted octanol–water partition coefficient (Wildman–Crippen LogP) is 1.66. The van der Waals surface area contributed by atoms with Crippen LogP contribution >= 0.6 is 0 Å². The summed E-state index contributed by atoms with van der Waals surface area (Å²) >= 11 is 0. The Bertz CT molecular complexity index is 435. The van der Waals surface area contributed by atoms with Crippen LogP contribution < -0.4 is 11.5 Å². The quantitative estimate of drug-likeness (QED) is 0.878. The van der Waals surface area contributed by atoms with Gasteiger partial charge >= 0.3 is 0 Å². The van der Waals surface area contributed by atoms with Crippen molar-refractivity contribution in [2.75, 3.05) is 13.1 Å². The number of hydrogen-bond donors (Lipinski definition) is 2. The minimum absolute atomic E-state index is 0.128. The molecule has 0 aromatic heterocycles. The maximum atomic E-state index is 12.5. The summed E-state index contributed by atoms with van der Waals surface area (Å²) in [5.74, 6) is 0.606. The van der Waals surface area contributed by atoms with E-state index in [0.29, 0.717) is 18.9 Å². The summed E-state index contributed by atoms with van der Waals surface area (Å²) in [6.45, 7) is 3.52. The average molecular weight is 275 g/mol. The summed E-state index contributed by atoms with van der Waals surface area (Å²) < 4.78 is 0. The van der Waals surface area contributed by atoms with Gasteiger partial charge < -0.3 is 16.4 Å². The van der Waals surface area contributed by atoms with Crippen LogP contribution in [-0.2, 0) is 4.79 Å². The summed E-state index contributed by atoms with van der Waals surface area (Å²) in [4.78, 5) is 14.4. The Morgan fingerprint density at radius 3 is 2.75 bits per heavy atom. The van der Waals surface area contributed by atoms with Crippen LogP contribution in [0.3, 0.4) is 0 Å². The fourth-order valence-corrected chi connectivity index (χ4v) is 3.04. The van der Waals surface area contributed by atoms with Crippen molar-refractivity contribution in [3.63, 3.8) is 0 Å². The fraction of sp³-hybridized carbons (Fsp3) is 0.562. The maximum absolute atomic E-state index is 12.5. The SMILES string of the molecule is C[C@@H]1CCCN(C(=O)C[C@@H](N)c2ccccc2)[C@@H]1CN. The van der Waals surface area contributed by atoms with Crippen molar-refractivity contribution in [2.24, 2.45) is 17.4 Å². The average Bonchev–Trinajstić information content (AvgIpc) is 2.47. The molecule has 0 spiro atoms. The molecular formula is C16H25N3O. The van der Waals surface area contributed by atoms with E-state index >= 15 is 0 Å². The number of nitrogens with two attached hydrogens (primary N) is 2. The number of benzene rings is 1. The summed E-state index contributed by atoms with van der Waals surface area (Å²) in [7, 11) is 0. The van der Waals surface area contributed by atoms with Crippen LogP contribution in [0, 0.1) is 5.92 Å². The third kappa shape index (κ3) is 3.38. The van der Waals surface area contributed by atoms with E-state index in [-0.39, 0.29) is 18.0 Å². The molecule has 3 atom stereocenters. The highest BCUT2D eigenvalue weighted by Crippen LogP contribution is 2.24. The molecular weight excluding hydrogens is 250 g/mol. The molecule has 1 aromatic rings. The van der Waals surface area contributed by atoms with Crippen LogP contribution in [0.4, 0.5) is 0 Å². The number of likely N-dealkylation sites (tertiary alicyclic amines) is 1. The molecule has 1 aliphatic rings. The van der Waals surface area contributed by atoms with Crippen LogP contribution in [0.25, 0.3) is 0 Å². The number of rotatable bonds is 4. The summed E-state index contributed by atoms with van der Waals surface area (Å²) in [6.07, 6.45) is 2.56. The topological polar surface area (TPSA) is 72.3 Å². The van der Waals surface area contributed by atoms with Crippen LogP contribution in [-0.4, -0.2) is 29.9 Å².